The largest absolute Gasteiger partial charge is 0.292 e. The predicted octanol–water partition coefficient (Wildman–Crippen LogP) is 1.04. The summed E-state index contributed by atoms with van der Waals surface area (Å²) in [6.45, 7) is 0. The first-order valence-corrected chi connectivity index (χ1v) is 7.41. The Morgan fingerprint density at radius 3 is 2.71 bits per heavy atom. The molecule has 0 spiro atoms. The Balaban J connectivity index is 2.26. The van der Waals surface area contributed by atoms with Crippen LogP contribution in [0.15, 0.2) is 36.0 Å². The van der Waals surface area contributed by atoms with Gasteiger partial charge in [-0.2, -0.15) is 11.8 Å². The number of carbonyl (C=O) groups is 1. The standard InChI is InChI=1S/C12H14N4O4S/c1-21-7-11-10(6-13-18)12(17)15(14-11)8-2-4-9(5-3-8)16(19)20/h2-6,11,13-14,18H,7H2,1H3. The summed E-state index contributed by atoms with van der Waals surface area (Å²) in [5, 5.41) is 20.7. The van der Waals surface area contributed by atoms with E-state index in [2.05, 4.69) is 5.43 Å². The van der Waals surface area contributed by atoms with Crippen molar-refractivity contribution in [3.8, 4) is 0 Å². The third-order valence-corrected chi connectivity index (χ3v) is 3.65. The molecule has 112 valence electrons. The number of carbonyl (C=O) groups excluding carboxylic acids is 1. The average molecular weight is 310 g/mol. The molecule has 1 amide bonds. The van der Waals surface area contributed by atoms with Crippen molar-refractivity contribution in [1.82, 2.24) is 10.9 Å². The minimum atomic E-state index is -0.499. The molecular weight excluding hydrogens is 296 g/mol. The zero-order valence-electron chi connectivity index (χ0n) is 11.1. The number of hydrogen-bond acceptors (Lipinski definition) is 7. The molecule has 0 radical (unpaired) electrons. The molecule has 1 aromatic rings. The van der Waals surface area contributed by atoms with Crippen molar-refractivity contribution in [2.45, 2.75) is 6.04 Å². The Morgan fingerprint density at radius 1 is 1.52 bits per heavy atom. The van der Waals surface area contributed by atoms with Crippen LogP contribution in [-0.4, -0.2) is 34.1 Å². The second-order valence-electron chi connectivity index (χ2n) is 4.28. The summed E-state index contributed by atoms with van der Waals surface area (Å²) in [7, 11) is 0. The van der Waals surface area contributed by atoms with E-state index >= 15 is 0 Å². The number of nitrogens with zero attached hydrogens (tertiary/aromatic N) is 2. The van der Waals surface area contributed by atoms with Gasteiger partial charge < -0.3 is 0 Å². The van der Waals surface area contributed by atoms with Gasteiger partial charge in [0, 0.05) is 24.1 Å². The van der Waals surface area contributed by atoms with E-state index in [1.807, 2.05) is 11.7 Å². The van der Waals surface area contributed by atoms with E-state index in [1.165, 1.54) is 35.5 Å². The fraction of sp³-hybridized carbons (Fsp3) is 0.250. The molecule has 3 N–H and O–H groups in total. The maximum absolute atomic E-state index is 12.3. The highest BCUT2D eigenvalue weighted by atomic mass is 32.2. The first kappa shape index (κ1) is 15.3. The van der Waals surface area contributed by atoms with Gasteiger partial charge in [0.05, 0.1) is 22.2 Å². The van der Waals surface area contributed by atoms with Crippen LogP contribution in [0.3, 0.4) is 0 Å². The van der Waals surface area contributed by atoms with Gasteiger partial charge in [0.1, 0.15) is 0 Å². The van der Waals surface area contributed by atoms with Crippen LogP contribution in [0.4, 0.5) is 11.4 Å². The van der Waals surface area contributed by atoms with Crippen molar-refractivity contribution in [2.24, 2.45) is 0 Å². The molecule has 1 atom stereocenters. The van der Waals surface area contributed by atoms with Crippen molar-refractivity contribution in [1.29, 1.82) is 0 Å². The normalized spacial score (nSPS) is 20.1. The van der Waals surface area contributed by atoms with Crippen LogP contribution in [0.1, 0.15) is 0 Å². The number of non-ortho nitro benzene ring substituents is 1. The van der Waals surface area contributed by atoms with E-state index in [1.54, 1.807) is 11.8 Å². The molecule has 0 aliphatic carbocycles. The van der Waals surface area contributed by atoms with Gasteiger partial charge in [-0.15, -0.1) is 0 Å². The van der Waals surface area contributed by atoms with Crippen molar-refractivity contribution >= 4 is 29.0 Å². The van der Waals surface area contributed by atoms with Crippen molar-refractivity contribution in [3.05, 3.63) is 46.2 Å². The monoisotopic (exact) mass is 310 g/mol. The maximum atomic E-state index is 12.3. The second kappa shape index (κ2) is 6.57. The summed E-state index contributed by atoms with van der Waals surface area (Å²) in [5.74, 6) is 0.326. The summed E-state index contributed by atoms with van der Waals surface area (Å²) < 4.78 is 0. The third kappa shape index (κ3) is 3.15. The van der Waals surface area contributed by atoms with Gasteiger partial charge >= 0.3 is 0 Å². The van der Waals surface area contributed by atoms with Crippen molar-refractivity contribution in [3.63, 3.8) is 0 Å². The van der Waals surface area contributed by atoms with Crippen LogP contribution < -0.4 is 15.9 Å². The molecule has 1 aliphatic heterocycles. The van der Waals surface area contributed by atoms with E-state index in [-0.39, 0.29) is 17.6 Å². The van der Waals surface area contributed by atoms with Gasteiger partial charge in [-0.1, -0.05) is 0 Å². The molecule has 1 unspecified atom stereocenters. The fourth-order valence-corrected chi connectivity index (χ4v) is 2.59. The highest BCUT2D eigenvalue weighted by molar-refractivity contribution is 7.98. The topological polar surface area (TPSA) is 108 Å². The summed E-state index contributed by atoms with van der Waals surface area (Å²) in [6.07, 6.45) is 3.15. The lowest BCUT2D eigenvalue weighted by molar-refractivity contribution is -0.384. The molecule has 0 bridgehead atoms. The van der Waals surface area contributed by atoms with Crippen LogP contribution >= 0.6 is 11.8 Å². The molecule has 0 saturated carbocycles. The Kier molecular flexibility index (Phi) is 4.78. The number of hydrazine groups is 1. The summed E-state index contributed by atoms with van der Waals surface area (Å²) in [6, 6.07) is 5.41. The number of nitro groups is 1. The lowest BCUT2D eigenvalue weighted by atomic mass is 10.1. The molecule has 0 aromatic heterocycles. The van der Waals surface area contributed by atoms with Crippen LogP contribution in [0.5, 0.6) is 0 Å². The van der Waals surface area contributed by atoms with Crippen LogP contribution in [0.2, 0.25) is 0 Å². The molecule has 21 heavy (non-hydrogen) atoms. The smallest absolute Gasteiger partial charge is 0.271 e. The zero-order valence-corrected chi connectivity index (χ0v) is 12.0. The summed E-state index contributed by atoms with van der Waals surface area (Å²) >= 11 is 1.55. The quantitative estimate of drug-likeness (QED) is 0.423. The number of rotatable bonds is 5. The maximum Gasteiger partial charge on any atom is 0.271 e. The van der Waals surface area contributed by atoms with E-state index in [0.29, 0.717) is 17.0 Å². The predicted molar refractivity (Wildman–Crippen MR) is 78.9 cm³/mol. The molecule has 1 fully saturated rings. The second-order valence-corrected chi connectivity index (χ2v) is 5.19. The Morgan fingerprint density at radius 2 is 2.19 bits per heavy atom. The van der Waals surface area contributed by atoms with Gasteiger partial charge in [-0.05, 0) is 18.4 Å². The highest BCUT2D eigenvalue weighted by Gasteiger charge is 2.35. The van der Waals surface area contributed by atoms with Gasteiger partial charge in [-0.3, -0.25) is 25.6 Å². The number of hydroxylamine groups is 1. The minimum absolute atomic E-state index is 0.0427. The van der Waals surface area contributed by atoms with Gasteiger partial charge in [0.25, 0.3) is 11.6 Å². The van der Waals surface area contributed by atoms with E-state index in [4.69, 9.17) is 5.21 Å². The van der Waals surface area contributed by atoms with Gasteiger partial charge in [-0.25, -0.2) is 10.4 Å². The molecule has 1 saturated heterocycles. The average Bonchev–Trinajstić information content (AvgIpc) is 2.77. The van der Waals surface area contributed by atoms with Crippen molar-refractivity contribution < 1.29 is 14.9 Å². The van der Waals surface area contributed by atoms with Crippen LogP contribution in [0, 0.1) is 10.1 Å². The number of benzene rings is 1. The van der Waals surface area contributed by atoms with E-state index in [0.717, 1.165) is 0 Å². The minimum Gasteiger partial charge on any atom is -0.292 e. The van der Waals surface area contributed by atoms with Gasteiger partial charge in [0.15, 0.2) is 0 Å². The van der Waals surface area contributed by atoms with Crippen LogP contribution in [0.25, 0.3) is 0 Å². The Hall–Kier alpha value is -2.10. The van der Waals surface area contributed by atoms with Crippen LogP contribution in [-0.2, 0) is 4.79 Å². The lowest BCUT2D eigenvalue weighted by Crippen LogP contribution is -2.38. The third-order valence-electron chi connectivity index (χ3n) is 2.98. The highest BCUT2D eigenvalue weighted by Crippen LogP contribution is 2.25. The lowest BCUT2D eigenvalue weighted by Gasteiger charge is -2.16. The number of thioether (sulfide) groups is 1. The number of nitrogens with one attached hydrogen (secondary N) is 2. The molecule has 9 heteroatoms. The zero-order chi connectivity index (χ0) is 15.4. The Bertz CT molecular complexity index is 575. The first-order valence-electron chi connectivity index (χ1n) is 6.02. The molecule has 1 aliphatic rings. The SMILES string of the molecule is CSCC1NN(c2ccc([N+](=O)[O-])cc2)C(=O)C1=CNO. The fourth-order valence-electron chi connectivity index (χ4n) is 2.00. The van der Waals surface area contributed by atoms with Crippen molar-refractivity contribution in [2.75, 3.05) is 17.0 Å². The molecule has 1 aromatic carbocycles. The molecule has 2 rings (SSSR count). The summed E-state index contributed by atoms with van der Waals surface area (Å²) in [5.41, 5.74) is 5.74. The van der Waals surface area contributed by atoms with E-state index < -0.39 is 4.92 Å². The molecule has 8 nitrogen and oxygen atoms in total. The van der Waals surface area contributed by atoms with Gasteiger partial charge in [0.2, 0.25) is 0 Å². The Labute approximate surface area is 124 Å². The number of amides is 1. The molecule has 1 heterocycles. The number of hydrogen-bond donors (Lipinski definition) is 3. The number of anilines is 1. The molecular formula is C12H14N4O4S. The first-order chi connectivity index (χ1) is 10.1. The van der Waals surface area contributed by atoms with E-state index in [9.17, 15) is 14.9 Å². The number of nitro benzene ring substituents is 1. The summed E-state index contributed by atoms with van der Waals surface area (Å²) in [4.78, 5) is 22.4.